The highest BCUT2D eigenvalue weighted by molar-refractivity contribution is 5.67. The molecule has 3 heterocycles. The van der Waals surface area contributed by atoms with E-state index in [0.29, 0.717) is 0 Å². The molecule has 0 amide bonds. The first-order valence-electron chi connectivity index (χ1n) is 10.0. The Morgan fingerprint density at radius 2 is 2.00 bits per heavy atom. The van der Waals surface area contributed by atoms with Crippen molar-refractivity contribution >= 4 is 12.2 Å². The summed E-state index contributed by atoms with van der Waals surface area (Å²) in [4.78, 5) is 8.31. The fourth-order valence-corrected chi connectivity index (χ4v) is 3.55. The molecule has 164 valence electrons. The van der Waals surface area contributed by atoms with Crippen LogP contribution in [0.3, 0.4) is 0 Å². The summed E-state index contributed by atoms with van der Waals surface area (Å²) < 4.78 is 31.2. The van der Waals surface area contributed by atoms with E-state index in [9.17, 15) is 13.9 Å². The second kappa shape index (κ2) is 8.80. The summed E-state index contributed by atoms with van der Waals surface area (Å²) in [7, 11) is 0. The molecule has 0 aliphatic heterocycles. The second-order valence-corrected chi connectivity index (χ2v) is 7.61. The number of nitrogens with zero attached hydrogens (tertiary/aromatic N) is 6. The minimum Gasteiger partial charge on any atom is -0.381 e. The molecule has 0 saturated heterocycles. The molecule has 4 rings (SSSR count). The van der Waals surface area contributed by atoms with Gasteiger partial charge in [0.15, 0.2) is 0 Å². The third-order valence-corrected chi connectivity index (χ3v) is 5.33. The number of halogens is 2. The van der Waals surface area contributed by atoms with Crippen LogP contribution < -0.4 is 0 Å². The molecule has 0 aliphatic rings. The number of hydrogen-bond acceptors (Lipinski definition) is 5. The summed E-state index contributed by atoms with van der Waals surface area (Å²) in [5.74, 6) is -1.57. The van der Waals surface area contributed by atoms with E-state index >= 15 is 0 Å². The quantitative estimate of drug-likeness (QED) is 0.477. The van der Waals surface area contributed by atoms with E-state index in [1.54, 1.807) is 24.0 Å². The Balaban J connectivity index is 1.66. The van der Waals surface area contributed by atoms with Crippen LogP contribution in [-0.2, 0) is 12.1 Å². The standard InChI is InChI=1S/C23H22F2N6O/c1-16-4-3-5-20(29-16)8-6-18-11-27-31(12-18)17(2)23(32,13-30-15-26-14-28-30)21-9-7-19(24)10-22(21)25/h3-12,14-15,17,32H,13H2,1-2H3. The number of aryl methyl sites for hydroxylation is 1. The van der Waals surface area contributed by atoms with Crippen LogP contribution in [0.25, 0.3) is 12.2 Å². The van der Waals surface area contributed by atoms with Crippen LogP contribution in [0.5, 0.6) is 0 Å². The Hall–Kier alpha value is -3.72. The Morgan fingerprint density at radius 3 is 2.72 bits per heavy atom. The van der Waals surface area contributed by atoms with Gasteiger partial charge in [0.25, 0.3) is 0 Å². The van der Waals surface area contributed by atoms with Crippen molar-refractivity contribution in [2.75, 3.05) is 0 Å². The highest BCUT2D eigenvalue weighted by Crippen LogP contribution is 2.36. The first-order valence-corrected chi connectivity index (χ1v) is 10.0. The molecule has 1 N–H and O–H groups in total. The summed E-state index contributed by atoms with van der Waals surface area (Å²) >= 11 is 0. The van der Waals surface area contributed by atoms with E-state index in [4.69, 9.17) is 0 Å². The van der Waals surface area contributed by atoms with E-state index in [0.717, 1.165) is 29.1 Å². The van der Waals surface area contributed by atoms with Crippen LogP contribution in [0.15, 0.2) is 61.4 Å². The molecular formula is C23H22F2N6O. The lowest BCUT2D eigenvalue weighted by Gasteiger charge is -2.34. The summed E-state index contributed by atoms with van der Waals surface area (Å²) in [6.07, 6.45) is 9.84. The molecule has 0 saturated carbocycles. The molecule has 0 spiro atoms. The van der Waals surface area contributed by atoms with Crippen LogP contribution in [0.1, 0.15) is 35.5 Å². The number of aromatic nitrogens is 6. The summed E-state index contributed by atoms with van der Waals surface area (Å²) in [6.45, 7) is 3.53. The molecule has 1 aromatic carbocycles. The van der Waals surface area contributed by atoms with Gasteiger partial charge in [0.2, 0.25) is 0 Å². The average molecular weight is 436 g/mol. The molecular weight excluding hydrogens is 414 g/mol. The fraction of sp³-hybridized carbons (Fsp3) is 0.217. The number of aliphatic hydroxyl groups is 1. The zero-order valence-corrected chi connectivity index (χ0v) is 17.6. The van der Waals surface area contributed by atoms with Crippen molar-refractivity contribution in [1.29, 1.82) is 0 Å². The Morgan fingerprint density at radius 1 is 1.16 bits per heavy atom. The van der Waals surface area contributed by atoms with Gasteiger partial charge in [0.1, 0.15) is 29.9 Å². The van der Waals surface area contributed by atoms with Gasteiger partial charge in [-0.1, -0.05) is 12.1 Å². The van der Waals surface area contributed by atoms with Gasteiger partial charge in [-0.3, -0.25) is 9.67 Å². The summed E-state index contributed by atoms with van der Waals surface area (Å²) in [5, 5.41) is 20.0. The predicted molar refractivity (Wildman–Crippen MR) is 115 cm³/mol. The summed E-state index contributed by atoms with van der Waals surface area (Å²) in [5.41, 5.74) is 0.662. The maximum atomic E-state index is 14.7. The number of pyridine rings is 1. The van der Waals surface area contributed by atoms with Crippen molar-refractivity contribution in [3.63, 3.8) is 0 Å². The van der Waals surface area contributed by atoms with Crippen molar-refractivity contribution in [3.8, 4) is 0 Å². The highest BCUT2D eigenvalue weighted by atomic mass is 19.1. The monoisotopic (exact) mass is 436 g/mol. The van der Waals surface area contributed by atoms with Gasteiger partial charge in [-0.05, 0) is 44.2 Å². The van der Waals surface area contributed by atoms with Crippen LogP contribution >= 0.6 is 0 Å². The lowest BCUT2D eigenvalue weighted by atomic mass is 9.86. The normalized spacial score (nSPS) is 14.5. The topological polar surface area (TPSA) is 81.6 Å². The molecule has 0 aliphatic carbocycles. The Labute approximate surface area is 183 Å². The van der Waals surface area contributed by atoms with Crippen molar-refractivity contribution in [2.45, 2.75) is 32.0 Å². The first-order chi connectivity index (χ1) is 15.3. The van der Waals surface area contributed by atoms with Gasteiger partial charge in [-0.2, -0.15) is 10.2 Å². The SMILES string of the molecule is Cc1cccc(C=Cc2cnn(C(C)C(O)(Cn3cncn3)c3ccc(F)cc3F)c2)n1. The van der Waals surface area contributed by atoms with E-state index < -0.39 is 23.3 Å². The van der Waals surface area contributed by atoms with Crippen molar-refractivity contribution in [2.24, 2.45) is 0 Å². The lowest BCUT2D eigenvalue weighted by Crippen LogP contribution is -2.40. The molecule has 0 bridgehead atoms. The van der Waals surface area contributed by atoms with Gasteiger partial charge < -0.3 is 5.11 Å². The van der Waals surface area contributed by atoms with Gasteiger partial charge >= 0.3 is 0 Å². The van der Waals surface area contributed by atoms with Gasteiger partial charge in [-0.15, -0.1) is 0 Å². The van der Waals surface area contributed by atoms with E-state index in [-0.39, 0.29) is 12.1 Å². The van der Waals surface area contributed by atoms with E-state index in [1.807, 2.05) is 37.3 Å². The van der Waals surface area contributed by atoms with E-state index in [2.05, 4.69) is 20.2 Å². The van der Waals surface area contributed by atoms with Crippen LogP contribution in [0.4, 0.5) is 8.78 Å². The van der Waals surface area contributed by atoms with Gasteiger partial charge in [0.05, 0.1) is 24.5 Å². The maximum Gasteiger partial charge on any atom is 0.137 e. The highest BCUT2D eigenvalue weighted by Gasteiger charge is 2.40. The Kier molecular flexibility index (Phi) is 5.91. The molecule has 2 atom stereocenters. The van der Waals surface area contributed by atoms with Crippen molar-refractivity contribution in [1.82, 2.24) is 29.5 Å². The second-order valence-electron chi connectivity index (χ2n) is 7.61. The smallest absolute Gasteiger partial charge is 0.137 e. The third-order valence-electron chi connectivity index (χ3n) is 5.33. The largest absolute Gasteiger partial charge is 0.381 e. The third kappa shape index (κ3) is 4.47. The number of benzene rings is 1. The molecule has 32 heavy (non-hydrogen) atoms. The molecule has 2 unspecified atom stereocenters. The lowest BCUT2D eigenvalue weighted by molar-refractivity contribution is -0.0369. The van der Waals surface area contributed by atoms with Gasteiger partial charge in [0, 0.05) is 29.1 Å². The predicted octanol–water partition coefficient (Wildman–Crippen LogP) is 3.78. The number of hydrogen-bond donors (Lipinski definition) is 1. The van der Waals surface area contributed by atoms with Crippen molar-refractivity contribution < 1.29 is 13.9 Å². The number of rotatable bonds is 7. The Bertz CT molecular complexity index is 1240. The molecule has 3 aromatic heterocycles. The van der Waals surface area contributed by atoms with Crippen molar-refractivity contribution in [3.05, 3.63) is 95.6 Å². The maximum absolute atomic E-state index is 14.7. The zero-order chi connectivity index (χ0) is 22.7. The zero-order valence-electron chi connectivity index (χ0n) is 17.6. The van der Waals surface area contributed by atoms with Gasteiger partial charge in [-0.25, -0.2) is 18.4 Å². The average Bonchev–Trinajstić information content (AvgIpc) is 3.43. The minimum absolute atomic E-state index is 0.0570. The molecule has 4 aromatic rings. The molecule has 9 heteroatoms. The van der Waals surface area contributed by atoms with Crippen LogP contribution in [0.2, 0.25) is 0 Å². The fourth-order valence-electron chi connectivity index (χ4n) is 3.55. The summed E-state index contributed by atoms with van der Waals surface area (Å²) in [6, 6.07) is 8.13. The first kappa shape index (κ1) is 21.5. The minimum atomic E-state index is -1.78. The van der Waals surface area contributed by atoms with Crippen LogP contribution in [0, 0.1) is 18.6 Å². The molecule has 7 nitrogen and oxygen atoms in total. The molecule has 0 radical (unpaired) electrons. The molecule has 0 fully saturated rings. The van der Waals surface area contributed by atoms with Crippen LogP contribution in [-0.4, -0.2) is 34.6 Å². The van der Waals surface area contributed by atoms with E-state index in [1.165, 1.54) is 23.4 Å².